The number of hydrogen-bond donors (Lipinski definition) is 3. The Morgan fingerprint density at radius 2 is 1.47 bits per heavy atom. The van der Waals surface area contributed by atoms with Crippen molar-refractivity contribution in [3.05, 3.63) is 35.9 Å². The Hall–Kier alpha value is -3.96. The monoisotopic (exact) mass is 477 g/mol. The first-order valence-corrected chi connectivity index (χ1v) is 10.4. The van der Waals surface area contributed by atoms with Gasteiger partial charge in [0.25, 0.3) is 0 Å². The van der Waals surface area contributed by atoms with Crippen LogP contribution in [0, 0.1) is 5.92 Å². The van der Waals surface area contributed by atoms with Gasteiger partial charge < -0.3 is 30.2 Å². The highest BCUT2D eigenvalue weighted by molar-refractivity contribution is 6.00. The highest BCUT2D eigenvalue weighted by Gasteiger charge is 2.40. The average Bonchev–Trinajstić information content (AvgIpc) is 2.83. The SMILES string of the molecule is COC(=O)C[C@H](C(=O)OC)[C@@H](NC(=O)C[C@@H]1NC(=O)[C@H](Cc2ccccc2)NC1=O)C(=O)OC. The van der Waals surface area contributed by atoms with Gasteiger partial charge in [0.15, 0.2) is 0 Å². The number of hydrogen-bond acceptors (Lipinski definition) is 9. The molecular formula is C22H27N3O9. The summed E-state index contributed by atoms with van der Waals surface area (Å²) in [6.07, 6.45) is -0.809. The van der Waals surface area contributed by atoms with E-state index in [1.807, 2.05) is 30.3 Å². The minimum Gasteiger partial charge on any atom is -0.469 e. The molecule has 0 bridgehead atoms. The van der Waals surface area contributed by atoms with E-state index in [-0.39, 0.29) is 6.42 Å². The number of rotatable bonds is 10. The van der Waals surface area contributed by atoms with Crippen LogP contribution in [0.1, 0.15) is 18.4 Å². The lowest BCUT2D eigenvalue weighted by atomic mass is 9.95. The molecule has 0 spiro atoms. The molecule has 2 rings (SSSR count). The van der Waals surface area contributed by atoms with Gasteiger partial charge in [-0.1, -0.05) is 30.3 Å². The lowest BCUT2D eigenvalue weighted by Crippen LogP contribution is -2.63. The molecule has 0 aromatic heterocycles. The lowest BCUT2D eigenvalue weighted by molar-refractivity contribution is -0.159. The number of carbonyl (C=O) groups is 6. The van der Waals surface area contributed by atoms with Gasteiger partial charge in [-0.05, 0) is 5.56 Å². The van der Waals surface area contributed by atoms with E-state index < -0.39 is 72.5 Å². The molecule has 12 heteroatoms. The summed E-state index contributed by atoms with van der Waals surface area (Å²) in [6, 6.07) is 5.49. The fraction of sp³-hybridized carbons (Fsp3) is 0.455. The van der Waals surface area contributed by atoms with Gasteiger partial charge in [-0.3, -0.25) is 24.0 Å². The van der Waals surface area contributed by atoms with Crippen molar-refractivity contribution in [2.24, 2.45) is 5.92 Å². The third-order valence-electron chi connectivity index (χ3n) is 5.23. The third-order valence-corrected chi connectivity index (χ3v) is 5.23. The highest BCUT2D eigenvalue weighted by atomic mass is 16.5. The minimum absolute atomic E-state index is 0.274. The van der Waals surface area contributed by atoms with Crippen molar-refractivity contribution in [3.63, 3.8) is 0 Å². The van der Waals surface area contributed by atoms with Crippen LogP contribution in [-0.2, 0) is 49.4 Å². The zero-order valence-electron chi connectivity index (χ0n) is 19.0. The van der Waals surface area contributed by atoms with Crippen molar-refractivity contribution in [2.75, 3.05) is 21.3 Å². The van der Waals surface area contributed by atoms with Crippen molar-refractivity contribution in [1.29, 1.82) is 0 Å². The summed E-state index contributed by atoms with van der Waals surface area (Å²) in [5, 5.41) is 7.37. The van der Waals surface area contributed by atoms with E-state index in [0.717, 1.165) is 26.9 Å². The molecule has 1 aliphatic heterocycles. The van der Waals surface area contributed by atoms with Gasteiger partial charge in [-0.2, -0.15) is 0 Å². The van der Waals surface area contributed by atoms with Crippen molar-refractivity contribution in [1.82, 2.24) is 16.0 Å². The van der Waals surface area contributed by atoms with Gasteiger partial charge in [0.1, 0.15) is 18.1 Å². The van der Waals surface area contributed by atoms with Crippen molar-refractivity contribution in [2.45, 2.75) is 37.4 Å². The number of nitrogens with one attached hydrogen (secondary N) is 3. The molecule has 3 N–H and O–H groups in total. The second-order valence-corrected chi connectivity index (χ2v) is 7.49. The number of ether oxygens (including phenoxy) is 3. The largest absolute Gasteiger partial charge is 0.469 e. The number of piperazine rings is 1. The van der Waals surface area contributed by atoms with Crippen LogP contribution in [0.15, 0.2) is 30.3 Å². The molecule has 1 aliphatic rings. The van der Waals surface area contributed by atoms with Gasteiger partial charge in [-0.25, -0.2) is 4.79 Å². The summed E-state index contributed by atoms with van der Waals surface area (Å²) >= 11 is 0. The molecule has 1 aromatic carbocycles. The maximum absolute atomic E-state index is 12.6. The first kappa shape index (κ1) is 26.3. The Balaban J connectivity index is 2.06. The number of methoxy groups -OCH3 is 3. The smallest absolute Gasteiger partial charge is 0.329 e. The van der Waals surface area contributed by atoms with Crippen LogP contribution in [0.5, 0.6) is 0 Å². The fourth-order valence-corrected chi connectivity index (χ4v) is 3.43. The summed E-state index contributed by atoms with van der Waals surface area (Å²) in [5.41, 5.74) is 0.847. The van der Waals surface area contributed by atoms with E-state index >= 15 is 0 Å². The molecule has 1 saturated heterocycles. The quantitative estimate of drug-likeness (QED) is 0.272. The summed E-state index contributed by atoms with van der Waals surface area (Å²) < 4.78 is 13.8. The van der Waals surface area contributed by atoms with Gasteiger partial charge in [-0.15, -0.1) is 0 Å². The maximum Gasteiger partial charge on any atom is 0.329 e. The molecule has 4 atom stereocenters. The summed E-state index contributed by atoms with van der Waals surface area (Å²) in [5.74, 6) is -6.09. The normalized spacial score (nSPS) is 19.0. The predicted molar refractivity (Wildman–Crippen MR) is 115 cm³/mol. The maximum atomic E-state index is 12.6. The molecule has 184 valence electrons. The van der Waals surface area contributed by atoms with E-state index in [0.29, 0.717) is 0 Å². The second-order valence-electron chi connectivity index (χ2n) is 7.49. The molecule has 12 nitrogen and oxygen atoms in total. The lowest BCUT2D eigenvalue weighted by Gasteiger charge is -2.30. The minimum atomic E-state index is -1.59. The first-order valence-electron chi connectivity index (χ1n) is 10.4. The van der Waals surface area contributed by atoms with Crippen molar-refractivity contribution >= 4 is 35.6 Å². The number of amides is 3. The molecule has 0 unspecified atom stereocenters. The fourth-order valence-electron chi connectivity index (χ4n) is 3.43. The molecule has 1 aromatic rings. The number of esters is 3. The van der Waals surface area contributed by atoms with Crippen LogP contribution in [0.4, 0.5) is 0 Å². The Morgan fingerprint density at radius 1 is 0.882 bits per heavy atom. The molecule has 34 heavy (non-hydrogen) atoms. The molecular weight excluding hydrogens is 450 g/mol. The van der Waals surface area contributed by atoms with Crippen molar-refractivity contribution in [3.8, 4) is 0 Å². The summed E-state index contributed by atoms with van der Waals surface area (Å²) in [6.45, 7) is 0. The molecule has 0 saturated carbocycles. The Labute approximate surface area is 195 Å². The predicted octanol–water partition coefficient (Wildman–Crippen LogP) is -1.39. The third kappa shape index (κ3) is 7.02. The van der Waals surface area contributed by atoms with E-state index in [1.165, 1.54) is 0 Å². The summed E-state index contributed by atoms with van der Waals surface area (Å²) in [4.78, 5) is 73.7. The average molecular weight is 477 g/mol. The highest BCUT2D eigenvalue weighted by Crippen LogP contribution is 2.15. The van der Waals surface area contributed by atoms with Crippen LogP contribution < -0.4 is 16.0 Å². The van der Waals surface area contributed by atoms with Crippen LogP contribution >= 0.6 is 0 Å². The van der Waals surface area contributed by atoms with E-state index in [2.05, 4.69) is 30.2 Å². The number of carbonyl (C=O) groups excluding carboxylic acids is 6. The van der Waals surface area contributed by atoms with Gasteiger partial charge in [0, 0.05) is 6.42 Å². The summed E-state index contributed by atoms with van der Waals surface area (Å²) in [7, 11) is 3.18. The molecule has 0 aliphatic carbocycles. The second kappa shape index (κ2) is 12.3. The Kier molecular flexibility index (Phi) is 9.53. The van der Waals surface area contributed by atoms with Gasteiger partial charge >= 0.3 is 17.9 Å². The Bertz CT molecular complexity index is 935. The van der Waals surface area contributed by atoms with E-state index in [1.54, 1.807) is 0 Å². The number of benzene rings is 1. The molecule has 1 heterocycles. The zero-order valence-corrected chi connectivity index (χ0v) is 19.0. The van der Waals surface area contributed by atoms with E-state index in [4.69, 9.17) is 0 Å². The molecule has 0 radical (unpaired) electrons. The van der Waals surface area contributed by atoms with Crippen LogP contribution in [0.25, 0.3) is 0 Å². The Morgan fingerprint density at radius 3 is 2.06 bits per heavy atom. The standard InChI is InChI=1S/C22H27N3O9/c1-32-17(27)10-13(21(30)33-2)18(22(31)34-3)25-16(26)11-15-20(29)23-14(19(28)24-15)9-12-7-5-4-6-8-12/h4-8,13-15,18H,9-11H2,1-3H3,(H,23,29)(H,24,28)(H,25,26)/t13-,14-,15-,18+/m0/s1. The van der Waals surface area contributed by atoms with E-state index in [9.17, 15) is 28.8 Å². The van der Waals surface area contributed by atoms with Crippen LogP contribution in [-0.4, -0.2) is 75.1 Å². The molecule has 3 amide bonds. The zero-order chi connectivity index (χ0) is 25.3. The first-order chi connectivity index (χ1) is 16.2. The molecule has 1 fully saturated rings. The van der Waals surface area contributed by atoms with Crippen LogP contribution in [0.2, 0.25) is 0 Å². The van der Waals surface area contributed by atoms with Crippen molar-refractivity contribution < 1.29 is 43.0 Å². The van der Waals surface area contributed by atoms with Crippen LogP contribution in [0.3, 0.4) is 0 Å². The van der Waals surface area contributed by atoms with Gasteiger partial charge in [0.05, 0.1) is 40.1 Å². The van der Waals surface area contributed by atoms with Gasteiger partial charge in [0.2, 0.25) is 17.7 Å². The topological polar surface area (TPSA) is 166 Å².